The summed E-state index contributed by atoms with van der Waals surface area (Å²) in [7, 11) is 0.0374. The number of nitrogens with zero attached hydrogens (tertiary/aromatic N) is 4. The summed E-state index contributed by atoms with van der Waals surface area (Å²) in [5.74, 6) is 1.37. The average Bonchev–Trinajstić information content (AvgIpc) is 3.56. The number of benzene rings is 3. The molecule has 1 saturated heterocycles. The maximum Gasteiger partial charge on any atom is 0.235 e. The topological polar surface area (TPSA) is 124 Å². The van der Waals surface area contributed by atoms with Crippen LogP contribution in [0, 0.1) is 0 Å². The van der Waals surface area contributed by atoms with Crippen LogP contribution in [0.3, 0.4) is 0 Å². The lowest BCUT2D eigenvalue weighted by Crippen LogP contribution is -2.44. The highest BCUT2D eigenvalue weighted by atomic mass is 35.5. The summed E-state index contributed by atoms with van der Waals surface area (Å²) in [6.07, 6.45) is 4.76. The standard InChI is InChI=1S/C35H43ClN8O3S/c1-37-17-18-38-27-14-19-43(20-15-27)28-11-12-30(32(23-28)47-2)41-35-39-24-29(36)34(42-35)40-31-10-6-9-26-13-21-44(33(26)31)48(45,46)22-16-25-7-4-3-5-8-25/h3-12,23-24,27,37-38H,13-22H2,1-2H3,(H2,39,40,41,42). The number of halogens is 1. The molecule has 2 aliphatic rings. The maximum absolute atomic E-state index is 13.6. The lowest BCUT2D eigenvalue weighted by molar-refractivity contribution is 0.410. The number of hydrogen-bond donors (Lipinski definition) is 4. The Balaban J connectivity index is 1.15. The molecule has 2 aliphatic heterocycles. The minimum absolute atomic E-state index is 0.0141. The Labute approximate surface area is 288 Å². The summed E-state index contributed by atoms with van der Waals surface area (Å²) < 4.78 is 34.4. The third-order valence-corrected chi connectivity index (χ3v) is 10.9. The number of piperidine rings is 1. The summed E-state index contributed by atoms with van der Waals surface area (Å²) in [4.78, 5) is 11.5. The zero-order chi connectivity index (χ0) is 33.5. The first-order valence-corrected chi connectivity index (χ1v) is 18.4. The van der Waals surface area contributed by atoms with Gasteiger partial charge in [0, 0.05) is 50.5 Å². The second kappa shape index (κ2) is 15.4. The number of sulfonamides is 1. The first-order valence-electron chi connectivity index (χ1n) is 16.4. The molecule has 254 valence electrons. The zero-order valence-electron chi connectivity index (χ0n) is 27.4. The van der Waals surface area contributed by atoms with Gasteiger partial charge in [-0.05, 0) is 62.1 Å². The van der Waals surface area contributed by atoms with Gasteiger partial charge in [0.2, 0.25) is 16.0 Å². The smallest absolute Gasteiger partial charge is 0.235 e. The van der Waals surface area contributed by atoms with Crippen molar-refractivity contribution in [3.8, 4) is 5.75 Å². The highest BCUT2D eigenvalue weighted by molar-refractivity contribution is 7.92. The van der Waals surface area contributed by atoms with E-state index in [4.69, 9.17) is 16.3 Å². The van der Waals surface area contributed by atoms with Crippen molar-refractivity contribution in [2.45, 2.75) is 31.7 Å². The van der Waals surface area contributed by atoms with Gasteiger partial charge in [-0.1, -0.05) is 54.1 Å². The van der Waals surface area contributed by atoms with E-state index in [0.29, 0.717) is 59.3 Å². The number of rotatable bonds is 14. The van der Waals surface area contributed by atoms with Crippen molar-refractivity contribution in [3.05, 3.63) is 89.1 Å². The molecule has 3 aromatic carbocycles. The first kappa shape index (κ1) is 33.8. The van der Waals surface area contributed by atoms with Crippen LogP contribution in [-0.4, -0.2) is 77.1 Å². The van der Waals surface area contributed by atoms with Crippen molar-refractivity contribution < 1.29 is 13.2 Å². The van der Waals surface area contributed by atoms with Gasteiger partial charge in [-0.15, -0.1) is 0 Å². The summed E-state index contributed by atoms with van der Waals surface area (Å²) in [5.41, 5.74) is 5.00. The van der Waals surface area contributed by atoms with Gasteiger partial charge in [0.25, 0.3) is 0 Å². The molecule has 0 spiro atoms. The van der Waals surface area contributed by atoms with Crippen LogP contribution >= 0.6 is 11.6 Å². The Morgan fingerprint density at radius 2 is 1.77 bits per heavy atom. The predicted octanol–water partition coefficient (Wildman–Crippen LogP) is 5.34. The molecule has 0 atom stereocenters. The Kier molecular flexibility index (Phi) is 10.9. The van der Waals surface area contributed by atoms with Gasteiger partial charge in [-0.2, -0.15) is 4.98 Å². The minimum Gasteiger partial charge on any atom is -0.494 e. The molecule has 0 bridgehead atoms. The molecule has 13 heteroatoms. The Morgan fingerprint density at radius 1 is 0.958 bits per heavy atom. The van der Waals surface area contributed by atoms with Crippen LogP contribution in [0.15, 0.2) is 72.9 Å². The van der Waals surface area contributed by atoms with E-state index in [2.05, 4.69) is 42.2 Å². The maximum atomic E-state index is 13.6. The number of fused-ring (bicyclic) bond motifs is 1. The molecule has 6 rings (SSSR count). The van der Waals surface area contributed by atoms with Crippen molar-refractivity contribution >= 4 is 56.1 Å². The summed E-state index contributed by atoms with van der Waals surface area (Å²) in [6.45, 7) is 4.27. The van der Waals surface area contributed by atoms with Gasteiger partial charge in [-0.25, -0.2) is 13.4 Å². The quantitative estimate of drug-likeness (QED) is 0.129. The van der Waals surface area contributed by atoms with E-state index < -0.39 is 10.0 Å². The van der Waals surface area contributed by atoms with Crippen LogP contribution in [0.1, 0.15) is 24.0 Å². The van der Waals surface area contributed by atoms with Gasteiger partial charge < -0.3 is 30.9 Å². The lowest BCUT2D eigenvalue weighted by atomic mass is 10.0. The van der Waals surface area contributed by atoms with E-state index in [1.165, 1.54) is 10.5 Å². The Bertz CT molecular complexity index is 1800. The van der Waals surface area contributed by atoms with Crippen LogP contribution in [0.5, 0.6) is 5.75 Å². The Hall–Kier alpha value is -4.10. The van der Waals surface area contributed by atoms with Gasteiger partial charge >= 0.3 is 0 Å². The van der Waals surface area contributed by atoms with Crippen molar-refractivity contribution in [1.82, 2.24) is 20.6 Å². The van der Waals surface area contributed by atoms with Gasteiger partial charge in [0.15, 0.2) is 5.82 Å². The summed E-state index contributed by atoms with van der Waals surface area (Å²) >= 11 is 6.57. The SMILES string of the molecule is CNCCNC1CCN(c2ccc(Nc3ncc(Cl)c(Nc4cccc5c4N(S(=O)(=O)CCc4ccccc4)CC5)n3)c(OC)c2)CC1. The van der Waals surface area contributed by atoms with E-state index in [1.807, 2.05) is 67.7 Å². The number of ether oxygens (including phenoxy) is 1. The number of hydrogen-bond acceptors (Lipinski definition) is 10. The Morgan fingerprint density at radius 3 is 2.54 bits per heavy atom. The molecule has 0 saturated carbocycles. The van der Waals surface area contributed by atoms with E-state index >= 15 is 0 Å². The molecular weight excluding hydrogens is 648 g/mol. The van der Waals surface area contributed by atoms with Gasteiger partial charge in [0.05, 0.1) is 36.1 Å². The van der Waals surface area contributed by atoms with Crippen LogP contribution in [-0.2, 0) is 22.9 Å². The molecule has 1 fully saturated rings. The fourth-order valence-corrected chi connectivity index (χ4v) is 8.00. The number of likely N-dealkylation sites (N-methyl/N-ethyl adjacent to an activating group) is 1. The molecule has 3 heterocycles. The number of nitrogens with one attached hydrogen (secondary N) is 4. The molecule has 1 aromatic heterocycles. The van der Waals surface area contributed by atoms with Gasteiger partial charge in [0.1, 0.15) is 10.8 Å². The fourth-order valence-electron chi connectivity index (χ4n) is 6.29. The monoisotopic (exact) mass is 690 g/mol. The van der Waals surface area contributed by atoms with Crippen LogP contribution in [0.25, 0.3) is 0 Å². The number of anilines is 6. The van der Waals surface area contributed by atoms with Crippen LogP contribution < -0.4 is 35.2 Å². The van der Waals surface area contributed by atoms with E-state index in [9.17, 15) is 8.42 Å². The third kappa shape index (κ3) is 7.95. The molecule has 48 heavy (non-hydrogen) atoms. The van der Waals surface area contributed by atoms with Crippen molar-refractivity contribution in [1.29, 1.82) is 0 Å². The number of aryl methyl sites for hydroxylation is 1. The zero-order valence-corrected chi connectivity index (χ0v) is 28.9. The van der Waals surface area contributed by atoms with Crippen molar-refractivity contribution in [2.75, 3.05) is 72.5 Å². The van der Waals surface area contributed by atoms with Crippen LogP contribution in [0.2, 0.25) is 5.02 Å². The highest BCUT2D eigenvalue weighted by Gasteiger charge is 2.32. The second-order valence-electron chi connectivity index (χ2n) is 12.0. The predicted molar refractivity (Wildman–Crippen MR) is 195 cm³/mol. The molecule has 0 amide bonds. The number of aromatic nitrogens is 2. The molecule has 11 nitrogen and oxygen atoms in total. The molecule has 0 unspecified atom stereocenters. The third-order valence-electron chi connectivity index (χ3n) is 8.88. The number of para-hydroxylation sites is 1. The van der Waals surface area contributed by atoms with Crippen molar-refractivity contribution in [2.24, 2.45) is 0 Å². The molecule has 4 N–H and O–H groups in total. The summed E-state index contributed by atoms with van der Waals surface area (Å²) in [5, 5.41) is 13.7. The summed E-state index contributed by atoms with van der Waals surface area (Å²) in [6, 6.07) is 22.0. The molecule has 0 aliphatic carbocycles. The van der Waals surface area contributed by atoms with E-state index in [1.54, 1.807) is 7.11 Å². The minimum atomic E-state index is -3.58. The largest absolute Gasteiger partial charge is 0.494 e. The van der Waals surface area contributed by atoms with E-state index in [-0.39, 0.29) is 5.75 Å². The van der Waals surface area contributed by atoms with Crippen LogP contribution in [0.4, 0.5) is 34.5 Å². The average molecular weight is 691 g/mol. The second-order valence-corrected chi connectivity index (χ2v) is 14.5. The molecular formula is C35H43ClN8O3S. The molecule has 4 aromatic rings. The lowest BCUT2D eigenvalue weighted by Gasteiger charge is -2.34. The molecule has 0 radical (unpaired) electrons. The van der Waals surface area contributed by atoms with E-state index in [0.717, 1.165) is 61.5 Å². The highest BCUT2D eigenvalue weighted by Crippen LogP contribution is 2.40. The van der Waals surface area contributed by atoms with Crippen molar-refractivity contribution in [3.63, 3.8) is 0 Å². The normalized spacial score (nSPS) is 15.0. The first-order chi connectivity index (χ1) is 23.3. The fraction of sp³-hybridized carbons (Fsp3) is 0.371. The number of methoxy groups -OCH3 is 1. The van der Waals surface area contributed by atoms with Gasteiger partial charge in [-0.3, -0.25) is 4.31 Å².